The van der Waals surface area contributed by atoms with E-state index in [1.165, 1.54) is 28.6 Å². The molecule has 2 aromatic carbocycles. The van der Waals surface area contributed by atoms with E-state index in [9.17, 15) is 14.9 Å². The Bertz CT molecular complexity index is 1040. The van der Waals surface area contributed by atoms with Gasteiger partial charge in [0.25, 0.3) is 5.69 Å². The van der Waals surface area contributed by atoms with Crippen LogP contribution in [0.5, 0.6) is 0 Å². The number of amides is 1. The number of nitro groups is 1. The van der Waals surface area contributed by atoms with E-state index in [-0.39, 0.29) is 17.6 Å². The van der Waals surface area contributed by atoms with Gasteiger partial charge in [-0.25, -0.2) is 0 Å². The number of nitro benzene ring substituents is 1. The maximum absolute atomic E-state index is 13.0. The summed E-state index contributed by atoms with van der Waals surface area (Å²) in [5, 5.41) is 13.0. The van der Waals surface area contributed by atoms with Crippen molar-refractivity contribution in [2.24, 2.45) is 0 Å². The minimum Gasteiger partial charge on any atom is -0.328 e. The molecule has 3 aromatic rings. The Hall–Kier alpha value is -3.25. The SMILES string of the molecule is O=C(/C=C/c1cccc([N+](=O)[O-])c1)N1CCc2sccc2[C@@H]1c1ccccc1. The lowest BCUT2D eigenvalue weighted by Gasteiger charge is -2.35. The summed E-state index contributed by atoms with van der Waals surface area (Å²) in [5.74, 6) is -0.0998. The molecule has 28 heavy (non-hydrogen) atoms. The molecule has 0 spiro atoms. The summed E-state index contributed by atoms with van der Waals surface area (Å²) in [6.07, 6.45) is 3.99. The van der Waals surface area contributed by atoms with E-state index in [2.05, 4.69) is 11.4 Å². The van der Waals surface area contributed by atoms with Gasteiger partial charge in [-0.15, -0.1) is 11.3 Å². The van der Waals surface area contributed by atoms with Gasteiger partial charge in [-0.2, -0.15) is 0 Å². The molecule has 0 aliphatic carbocycles. The highest BCUT2D eigenvalue weighted by Crippen LogP contribution is 2.37. The molecule has 140 valence electrons. The van der Waals surface area contributed by atoms with Gasteiger partial charge in [-0.1, -0.05) is 42.5 Å². The van der Waals surface area contributed by atoms with Crippen LogP contribution in [0.4, 0.5) is 5.69 Å². The number of thiophene rings is 1. The standard InChI is InChI=1S/C22H18N2O3S/c25-21(10-9-16-5-4-8-18(15-16)24(26)27)23-13-11-20-19(12-14-28-20)22(23)17-6-2-1-3-7-17/h1-10,12,14-15,22H,11,13H2/b10-9+/t22-/m0/s1. The maximum atomic E-state index is 13.0. The van der Waals surface area contributed by atoms with Gasteiger partial charge in [0.1, 0.15) is 0 Å². The Labute approximate surface area is 166 Å². The van der Waals surface area contributed by atoms with Crippen molar-refractivity contribution in [3.8, 4) is 0 Å². The molecule has 5 nitrogen and oxygen atoms in total. The number of hydrogen-bond donors (Lipinski definition) is 0. The fourth-order valence-corrected chi connectivity index (χ4v) is 4.46. The van der Waals surface area contributed by atoms with Crippen LogP contribution in [0.3, 0.4) is 0 Å². The van der Waals surface area contributed by atoms with Gasteiger partial charge in [0.15, 0.2) is 0 Å². The molecule has 1 aliphatic rings. The van der Waals surface area contributed by atoms with Crippen LogP contribution in [0, 0.1) is 10.1 Å². The van der Waals surface area contributed by atoms with Crippen LogP contribution >= 0.6 is 11.3 Å². The zero-order chi connectivity index (χ0) is 19.5. The molecule has 6 heteroatoms. The van der Waals surface area contributed by atoms with E-state index < -0.39 is 4.92 Å². The highest BCUT2D eigenvalue weighted by molar-refractivity contribution is 7.10. The van der Waals surface area contributed by atoms with Crippen molar-refractivity contribution in [2.45, 2.75) is 12.5 Å². The number of fused-ring (bicyclic) bond motifs is 1. The van der Waals surface area contributed by atoms with Gasteiger partial charge in [0, 0.05) is 29.6 Å². The highest BCUT2D eigenvalue weighted by Gasteiger charge is 2.31. The van der Waals surface area contributed by atoms with E-state index >= 15 is 0 Å². The Morgan fingerprint density at radius 1 is 1.14 bits per heavy atom. The molecule has 4 rings (SSSR count). The third-order valence-electron chi connectivity index (χ3n) is 4.86. The first-order chi connectivity index (χ1) is 13.6. The Kier molecular flexibility index (Phi) is 5.04. The first-order valence-corrected chi connectivity index (χ1v) is 9.86. The van der Waals surface area contributed by atoms with Crippen molar-refractivity contribution in [1.29, 1.82) is 0 Å². The van der Waals surface area contributed by atoms with Crippen LogP contribution in [0.15, 0.2) is 72.1 Å². The summed E-state index contributed by atoms with van der Waals surface area (Å²) in [6.45, 7) is 0.644. The zero-order valence-corrected chi connectivity index (χ0v) is 15.8. The predicted octanol–water partition coefficient (Wildman–Crippen LogP) is 4.84. The molecule has 1 amide bonds. The third kappa shape index (κ3) is 3.59. The molecular weight excluding hydrogens is 372 g/mol. The Balaban J connectivity index is 1.63. The summed E-state index contributed by atoms with van der Waals surface area (Å²) in [5.41, 5.74) is 2.91. The van der Waals surface area contributed by atoms with E-state index in [4.69, 9.17) is 0 Å². The van der Waals surface area contributed by atoms with E-state index in [1.807, 2.05) is 35.2 Å². The van der Waals surface area contributed by atoms with Crippen LogP contribution in [0.25, 0.3) is 6.08 Å². The van der Waals surface area contributed by atoms with E-state index in [1.54, 1.807) is 29.5 Å². The average Bonchev–Trinajstić information content (AvgIpc) is 3.21. The number of nitrogens with zero attached hydrogens (tertiary/aromatic N) is 2. The summed E-state index contributed by atoms with van der Waals surface area (Å²) < 4.78 is 0. The number of carbonyl (C=O) groups excluding carboxylic acids is 1. The topological polar surface area (TPSA) is 63.4 Å². The van der Waals surface area contributed by atoms with Crippen LogP contribution in [-0.2, 0) is 11.2 Å². The first kappa shape index (κ1) is 18.1. The highest BCUT2D eigenvalue weighted by atomic mass is 32.1. The Morgan fingerprint density at radius 3 is 2.75 bits per heavy atom. The maximum Gasteiger partial charge on any atom is 0.270 e. The molecule has 1 aliphatic heterocycles. The molecule has 0 saturated heterocycles. The second-order valence-electron chi connectivity index (χ2n) is 6.58. The molecule has 0 unspecified atom stereocenters. The smallest absolute Gasteiger partial charge is 0.270 e. The van der Waals surface area contributed by atoms with Gasteiger partial charge < -0.3 is 4.90 Å². The Morgan fingerprint density at radius 2 is 1.96 bits per heavy atom. The van der Waals surface area contributed by atoms with Gasteiger partial charge in [-0.3, -0.25) is 14.9 Å². The van der Waals surface area contributed by atoms with Crippen LogP contribution in [0.2, 0.25) is 0 Å². The van der Waals surface area contributed by atoms with Crippen LogP contribution < -0.4 is 0 Å². The van der Waals surface area contributed by atoms with Gasteiger partial charge in [0.05, 0.1) is 11.0 Å². The minimum absolute atomic E-state index is 0.0117. The van der Waals surface area contributed by atoms with Crippen LogP contribution in [-0.4, -0.2) is 22.3 Å². The second kappa shape index (κ2) is 7.78. The van der Waals surface area contributed by atoms with Crippen molar-refractivity contribution in [3.05, 3.63) is 104 Å². The third-order valence-corrected chi connectivity index (χ3v) is 5.86. The summed E-state index contributed by atoms with van der Waals surface area (Å²) in [4.78, 5) is 26.7. The van der Waals surface area contributed by atoms with Crippen molar-refractivity contribution in [1.82, 2.24) is 4.90 Å². The number of non-ortho nitro benzene ring substituents is 1. The molecule has 1 atom stereocenters. The number of carbonyl (C=O) groups is 1. The van der Waals surface area contributed by atoms with Crippen molar-refractivity contribution in [2.75, 3.05) is 6.54 Å². The summed E-state index contributed by atoms with van der Waals surface area (Å²) >= 11 is 1.73. The van der Waals surface area contributed by atoms with E-state index in [0.29, 0.717) is 12.1 Å². The number of hydrogen-bond acceptors (Lipinski definition) is 4. The van der Waals surface area contributed by atoms with Gasteiger partial charge in [-0.05, 0) is 40.6 Å². The second-order valence-corrected chi connectivity index (χ2v) is 7.58. The lowest BCUT2D eigenvalue weighted by Crippen LogP contribution is -2.39. The first-order valence-electron chi connectivity index (χ1n) is 8.98. The largest absolute Gasteiger partial charge is 0.328 e. The fourth-order valence-electron chi connectivity index (χ4n) is 3.55. The number of benzene rings is 2. The average molecular weight is 390 g/mol. The molecule has 2 heterocycles. The summed E-state index contributed by atoms with van der Waals surface area (Å²) in [6, 6.07) is 18.3. The van der Waals surface area contributed by atoms with Gasteiger partial charge in [0.2, 0.25) is 5.91 Å². The minimum atomic E-state index is -0.437. The molecule has 0 N–H and O–H groups in total. The molecular formula is C22H18N2O3S. The predicted molar refractivity (Wildman–Crippen MR) is 110 cm³/mol. The quantitative estimate of drug-likeness (QED) is 0.364. The molecule has 0 saturated carbocycles. The number of rotatable bonds is 4. The van der Waals surface area contributed by atoms with Crippen LogP contribution in [0.1, 0.15) is 27.6 Å². The monoisotopic (exact) mass is 390 g/mol. The van der Waals surface area contributed by atoms with Gasteiger partial charge >= 0.3 is 0 Å². The molecule has 0 fully saturated rings. The fraction of sp³-hybridized carbons (Fsp3) is 0.136. The van der Waals surface area contributed by atoms with Crippen molar-refractivity contribution < 1.29 is 9.72 Å². The zero-order valence-electron chi connectivity index (χ0n) is 15.0. The lowest BCUT2D eigenvalue weighted by molar-refractivity contribution is -0.384. The van der Waals surface area contributed by atoms with Crippen molar-refractivity contribution >= 4 is 29.0 Å². The molecule has 0 bridgehead atoms. The normalized spacial score (nSPS) is 16.1. The van der Waals surface area contributed by atoms with E-state index in [0.717, 1.165) is 12.0 Å². The van der Waals surface area contributed by atoms with Crippen molar-refractivity contribution in [3.63, 3.8) is 0 Å². The molecule has 0 radical (unpaired) electrons. The molecule has 1 aromatic heterocycles. The lowest BCUT2D eigenvalue weighted by atomic mass is 9.93. The summed E-state index contributed by atoms with van der Waals surface area (Å²) in [7, 11) is 0.